The first kappa shape index (κ1) is 19.6. The molecule has 142 valence electrons. The number of aromatic nitrogens is 1. The van der Waals surface area contributed by atoms with Crippen LogP contribution in [0.1, 0.15) is 33.3 Å². The van der Waals surface area contributed by atoms with Crippen LogP contribution in [0.3, 0.4) is 0 Å². The number of pyridine rings is 1. The van der Waals surface area contributed by atoms with Gasteiger partial charge in [-0.05, 0) is 55.3 Å². The van der Waals surface area contributed by atoms with E-state index in [1.807, 2.05) is 36.4 Å². The van der Waals surface area contributed by atoms with E-state index in [1.54, 1.807) is 30.5 Å². The molecule has 3 rings (SSSR count). The van der Waals surface area contributed by atoms with E-state index < -0.39 is 0 Å². The molecular weight excluding hydrogens is 374 g/mol. The summed E-state index contributed by atoms with van der Waals surface area (Å²) in [6.07, 6.45) is 2.31. The number of nitrogens with zero attached hydrogens (tertiary/aromatic N) is 1. The van der Waals surface area contributed by atoms with Gasteiger partial charge in [-0.15, -0.1) is 0 Å². The molecule has 0 bridgehead atoms. The zero-order valence-corrected chi connectivity index (χ0v) is 16.2. The molecule has 6 heteroatoms. The van der Waals surface area contributed by atoms with Crippen molar-refractivity contribution in [3.8, 4) is 0 Å². The second kappa shape index (κ2) is 9.15. The first-order valence-electron chi connectivity index (χ1n) is 8.88. The lowest BCUT2D eigenvalue weighted by Crippen LogP contribution is -2.26. The van der Waals surface area contributed by atoms with Gasteiger partial charge in [-0.25, -0.2) is 4.98 Å². The Balaban J connectivity index is 1.54. The summed E-state index contributed by atoms with van der Waals surface area (Å²) in [5, 5.41) is 6.73. The highest BCUT2D eigenvalue weighted by molar-refractivity contribution is 6.30. The predicted octanol–water partition coefficient (Wildman–Crippen LogP) is 4.65. The molecule has 0 aliphatic rings. The molecule has 5 nitrogen and oxygen atoms in total. The van der Waals surface area contributed by atoms with Gasteiger partial charge in [-0.2, -0.15) is 0 Å². The van der Waals surface area contributed by atoms with Crippen molar-refractivity contribution in [2.24, 2.45) is 0 Å². The molecule has 2 aromatic carbocycles. The van der Waals surface area contributed by atoms with E-state index in [1.165, 1.54) is 6.92 Å². The summed E-state index contributed by atoms with van der Waals surface area (Å²) < 4.78 is 0. The maximum Gasteiger partial charge on any atom is 0.269 e. The van der Waals surface area contributed by atoms with Crippen molar-refractivity contribution in [1.82, 2.24) is 10.3 Å². The number of anilines is 2. The molecule has 0 atom stereocenters. The van der Waals surface area contributed by atoms with E-state index in [4.69, 9.17) is 11.6 Å². The fourth-order valence-corrected chi connectivity index (χ4v) is 2.77. The van der Waals surface area contributed by atoms with Gasteiger partial charge in [0.15, 0.2) is 5.78 Å². The molecule has 0 aliphatic carbocycles. The van der Waals surface area contributed by atoms with Crippen molar-refractivity contribution in [1.29, 1.82) is 0 Å². The normalized spacial score (nSPS) is 10.4. The molecule has 1 aromatic heterocycles. The van der Waals surface area contributed by atoms with Crippen LogP contribution in [0.2, 0.25) is 5.02 Å². The standard InChI is InChI=1S/C22H20ClN3O2/c1-15(27)17-3-2-4-19(13-17)26-20-9-10-21(25-14-20)22(28)24-12-11-16-5-7-18(23)8-6-16/h2-10,13-14,26H,11-12H2,1H3,(H,24,28). The molecule has 0 saturated heterocycles. The van der Waals surface area contributed by atoms with Crippen molar-refractivity contribution in [2.75, 3.05) is 11.9 Å². The van der Waals surface area contributed by atoms with Crippen LogP contribution in [-0.4, -0.2) is 23.2 Å². The number of halogens is 1. The fourth-order valence-electron chi connectivity index (χ4n) is 2.65. The van der Waals surface area contributed by atoms with E-state index in [2.05, 4.69) is 15.6 Å². The Hall–Kier alpha value is -3.18. The van der Waals surface area contributed by atoms with Gasteiger partial charge < -0.3 is 10.6 Å². The number of nitrogens with one attached hydrogen (secondary N) is 2. The van der Waals surface area contributed by atoms with Gasteiger partial charge >= 0.3 is 0 Å². The average molecular weight is 394 g/mol. The molecule has 1 amide bonds. The van der Waals surface area contributed by atoms with Gasteiger partial charge in [-0.1, -0.05) is 35.9 Å². The lowest BCUT2D eigenvalue weighted by Gasteiger charge is -2.09. The molecule has 0 fully saturated rings. The van der Waals surface area contributed by atoms with Crippen molar-refractivity contribution in [2.45, 2.75) is 13.3 Å². The monoisotopic (exact) mass is 393 g/mol. The van der Waals surface area contributed by atoms with Gasteiger partial charge in [0.25, 0.3) is 5.91 Å². The third-order valence-electron chi connectivity index (χ3n) is 4.17. The number of carbonyl (C=O) groups excluding carboxylic acids is 2. The molecule has 3 aromatic rings. The number of Topliss-reactive ketones (excluding diaryl/α,β-unsaturated/α-hetero) is 1. The first-order valence-corrected chi connectivity index (χ1v) is 9.26. The Morgan fingerprint density at radius 3 is 2.46 bits per heavy atom. The number of benzene rings is 2. The van der Waals surface area contributed by atoms with Crippen LogP contribution in [0.4, 0.5) is 11.4 Å². The highest BCUT2D eigenvalue weighted by atomic mass is 35.5. The van der Waals surface area contributed by atoms with Crippen LogP contribution in [0.15, 0.2) is 66.9 Å². The van der Waals surface area contributed by atoms with Gasteiger partial charge in [0.05, 0.1) is 11.9 Å². The summed E-state index contributed by atoms with van der Waals surface area (Å²) >= 11 is 5.86. The number of hydrogen-bond donors (Lipinski definition) is 2. The maximum absolute atomic E-state index is 12.2. The number of carbonyl (C=O) groups is 2. The Bertz CT molecular complexity index is 970. The number of rotatable bonds is 7. The molecule has 0 aliphatic heterocycles. The summed E-state index contributed by atoms with van der Waals surface area (Å²) in [6.45, 7) is 2.04. The molecule has 28 heavy (non-hydrogen) atoms. The van der Waals surface area contributed by atoms with Crippen LogP contribution in [-0.2, 0) is 6.42 Å². The first-order chi connectivity index (χ1) is 13.5. The van der Waals surface area contributed by atoms with Crippen molar-refractivity contribution < 1.29 is 9.59 Å². The third-order valence-corrected chi connectivity index (χ3v) is 4.42. The summed E-state index contributed by atoms with van der Waals surface area (Å²) in [5.74, 6) is -0.216. The molecule has 0 saturated carbocycles. The second-order valence-corrected chi connectivity index (χ2v) is 6.76. The zero-order valence-electron chi connectivity index (χ0n) is 15.4. The van der Waals surface area contributed by atoms with Crippen molar-refractivity contribution in [3.05, 3.63) is 88.7 Å². The Kier molecular flexibility index (Phi) is 6.40. The van der Waals surface area contributed by atoms with Gasteiger partial charge in [0, 0.05) is 22.8 Å². The van der Waals surface area contributed by atoms with E-state index in [-0.39, 0.29) is 11.7 Å². The maximum atomic E-state index is 12.2. The highest BCUT2D eigenvalue weighted by Crippen LogP contribution is 2.17. The minimum atomic E-state index is -0.223. The van der Waals surface area contributed by atoms with E-state index >= 15 is 0 Å². The van der Waals surface area contributed by atoms with Gasteiger partial charge in [0.2, 0.25) is 0 Å². The van der Waals surface area contributed by atoms with Crippen molar-refractivity contribution in [3.63, 3.8) is 0 Å². The predicted molar refractivity (Wildman–Crippen MR) is 111 cm³/mol. The van der Waals surface area contributed by atoms with Gasteiger partial charge in [-0.3, -0.25) is 9.59 Å². The Morgan fingerprint density at radius 1 is 1.00 bits per heavy atom. The minimum absolute atomic E-state index is 0.00685. The summed E-state index contributed by atoms with van der Waals surface area (Å²) in [7, 11) is 0. The molecule has 0 unspecified atom stereocenters. The topological polar surface area (TPSA) is 71.1 Å². The number of amides is 1. The van der Waals surface area contributed by atoms with Crippen molar-refractivity contribution >= 4 is 34.7 Å². The largest absolute Gasteiger partial charge is 0.354 e. The summed E-state index contributed by atoms with van der Waals surface area (Å²) in [5.41, 5.74) is 3.60. The molecule has 0 radical (unpaired) electrons. The van der Waals surface area contributed by atoms with Crippen LogP contribution in [0, 0.1) is 0 Å². The van der Waals surface area contributed by atoms with E-state index in [9.17, 15) is 9.59 Å². The quantitative estimate of drug-likeness (QED) is 0.573. The van der Waals surface area contributed by atoms with Gasteiger partial charge in [0.1, 0.15) is 5.69 Å². The Labute approximate surface area is 168 Å². The van der Waals surface area contributed by atoms with Crippen LogP contribution in [0.5, 0.6) is 0 Å². The average Bonchev–Trinajstić information content (AvgIpc) is 2.70. The second-order valence-electron chi connectivity index (χ2n) is 6.33. The highest BCUT2D eigenvalue weighted by Gasteiger charge is 2.07. The number of ketones is 1. The van der Waals surface area contributed by atoms with Crippen LogP contribution >= 0.6 is 11.6 Å². The molecular formula is C22H20ClN3O2. The minimum Gasteiger partial charge on any atom is -0.354 e. The zero-order chi connectivity index (χ0) is 19.9. The molecule has 0 spiro atoms. The summed E-state index contributed by atoms with van der Waals surface area (Å²) in [6, 6.07) is 18.2. The lowest BCUT2D eigenvalue weighted by atomic mass is 10.1. The van der Waals surface area contributed by atoms with E-state index in [0.717, 1.165) is 23.4 Å². The smallest absolute Gasteiger partial charge is 0.269 e. The lowest BCUT2D eigenvalue weighted by molar-refractivity contribution is 0.0948. The SMILES string of the molecule is CC(=O)c1cccc(Nc2ccc(C(=O)NCCc3ccc(Cl)cc3)nc2)c1. The Morgan fingerprint density at radius 2 is 1.79 bits per heavy atom. The molecule has 1 heterocycles. The number of hydrogen-bond acceptors (Lipinski definition) is 4. The van der Waals surface area contributed by atoms with Crippen LogP contribution in [0.25, 0.3) is 0 Å². The fraction of sp³-hybridized carbons (Fsp3) is 0.136. The van der Waals surface area contributed by atoms with E-state index in [0.29, 0.717) is 22.8 Å². The molecule has 2 N–H and O–H groups in total. The summed E-state index contributed by atoms with van der Waals surface area (Å²) in [4.78, 5) is 27.9. The third kappa shape index (κ3) is 5.41. The van der Waals surface area contributed by atoms with Crippen LogP contribution < -0.4 is 10.6 Å².